The Kier molecular flexibility index (Phi) is 4.28. The third-order valence-corrected chi connectivity index (χ3v) is 8.79. The molecule has 0 bridgehead atoms. The van der Waals surface area contributed by atoms with Gasteiger partial charge in [-0.3, -0.25) is 0 Å². The summed E-state index contributed by atoms with van der Waals surface area (Å²) in [5, 5.41) is 12.0. The lowest BCUT2D eigenvalue weighted by Gasteiger charge is -2.29. The van der Waals surface area contributed by atoms with Crippen LogP contribution >= 0.6 is 0 Å². The molecule has 2 aliphatic carbocycles. The molecule has 0 saturated carbocycles. The van der Waals surface area contributed by atoms with Crippen LogP contribution in [0.4, 0.5) is 5.69 Å². The Morgan fingerprint density at radius 1 is 0.829 bits per heavy atom. The van der Waals surface area contributed by atoms with Gasteiger partial charge in [0.05, 0.1) is 6.04 Å². The molecule has 1 N–H and O–H groups in total. The Balaban J connectivity index is 1.47. The summed E-state index contributed by atoms with van der Waals surface area (Å²) in [7, 11) is 0. The van der Waals surface area contributed by atoms with Gasteiger partial charge in [-0.2, -0.15) is 0 Å². The van der Waals surface area contributed by atoms with Crippen molar-refractivity contribution in [3.63, 3.8) is 0 Å². The van der Waals surface area contributed by atoms with E-state index < -0.39 is 0 Å². The Morgan fingerprint density at radius 2 is 1.43 bits per heavy atom. The zero-order valence-electron chi connectivity index (χ0n) is 20.9. The van der Waals surface area contributed by atoms with Gasteiger partial charge in [-0.15, -0.1) is 0 Å². The summed E-state index contributed by atoms with van der Waals surface area (Å²) in [5.41, 5.74) is 8.60. The maximum absolute atomic E-state index is 3.91. The zero-order chi connectivity index (χ0) is 23.9. The van der Waals surface area contributed by atoms with Crippen molar-refractivity contribution >= 4 is 38.0 Å². The maximum atomic E-state index is 3.91. The highest BCUT2D eigenvalue weighted by Gasteiger charge is 2.43. The first-order valence-electron chi connectivity index (χ1n) is 13.0. The van der Waals surface area contributed by atoms with Crippen LogP contribution in [0.15, 0.2) is 107 Å². The van der Waals surface area contributed by atoms with Crippen LogP contribution < -0.4 is 5.32 Å². The molecule has 2 unspecified atom stereocenters. The van der Waals surface area contributed by atoms with Gasteiger partial charge in [-0.05, 0) is 80.1 Å². The molecule has 7 rings (SSSR count). The van der Waals surface area contributed by atoms with E-state index in [0.29, 0.717) is 12.0 Å². The highest BCUT2D eigenvalue weighted by molar-refractivity contribution is 6.26. The molecule has 0 amide bonds. The first-order valence-corrected chi connectivity index (χ1v) is 13.0. The smallest absolute Gasteiger partial charge is 0.0555 e. The fraction of sp³-hybridized carbons (Fsp3) is 0.235. The lowest BCUT2D eigenvalue weighted by molar-refractivity contribution is 0.555. The van der Waals surface area contributed by atoms with Gasteiger partial charge >= 0.3 is 0 Å². The number of nitrogens with one attached hydrogen (secondary N) is 1. The van der Waals surface area contributed by atoms with Crippen LogP contribution in [0.1, 0.15) is 45.6 Å². The SMILES string of the molecule is CC/C=C\C1=C(C)C(C)(C)C2=CC3Nc4cc5c6ccccc6c6ccccc6c5cc4C3C=C21. The first kappa shape index (κ1) is 20.8. The summed E-state index contributed by atoms with van der Waals surface area (Å²) in [5.74, 6) is 0.352. The van der Waals surface area contributed by atoms with E-state index in [1.165, 1.54) is 65.9 Å². The van der Waals surface area contributed by atoms with Crippen molar-refractivity contribution < 1.29 is 0 Å². The largest absolute Gasteiger partial charge is 0.378 e. The Labute approximate surface area is 207 Å². The quantitative estimate of drug-likeness (QED) is 0.298. The van der Waals surface area contributed by atoms with Crippen molar-refractivity contribution in [2.75, 3.05) is 5.32 Å². The molecular weight excluding hydrogens is 422 g/mol. The average molecular weight is 454 g/mol. The first-order chi connectivity index (χ1) is 17.0. The van der Waals surface area contributed by atoms with Crippen molar-refractivity contribution in [1.29, 1.82) is 0 Å². The number of hydrogen-bond donors (Lipinski definition) is 1. The number of fused-ring (bicyclic) bond motifs is 10. The van der Waals surface area contributed by atoms with E-state index in [2.05, 4.69) is 118 Å². The van der Waals surface area contributed by atoms with Crippen LogP contribution in [-0.4, -0.2) is 6.04 Å². The van der Waals surface area contributed by atoms with E-state index in [4.69, 9.17) is 0 Å². The predicted octanol–water partition coefficient (Wildman–Crippen LogP) is 9.21. The number of anilines is 1. The molecule has 0 spiro atoms. The predicted molar refractivity (Wildman–Crippen MR) is 151 cm³/mol. The summed E-state index contributed by atoms with van der Waals surface area (Å²) >= 11 is 0. The van der Waals surface area contributed by atoms with Crippen molar-refractivity contribution in [3.8, 4) is 0 Å². The fourth-order valence-corrected chi connectivity index (χ4v) is 6.68. The minimum Gasteiger partial charge on any atom is -0.378 e. The highest BCUT2D eigenvalue weighted by atomic mass is 15.0. The van der Waals surface area contributed by atoms with Crippen LogP contribution in [0.2, 0.25) is 0 Å². The number of benzene rings is 4. The number of rotatable bonds is 2. The molecule has 4 aromatic rings. The fourth-order valence-electron chi connectivity index (χ4n) is 6.68. The van der Waals surface area contributed by atoms with Gasteiger partial charge in [0.15, 0.2) is 0 Å². The Morgan fingerprint density at radius 3 is 2.06 bits per heavy atom. The minimum absolute atomic E-state index is 0.0673. The van der Waals surface area contributed by atoms with Gasteiger partial charge in [-0.25, -0.2) is 0 Å². The third-order valence-electron chi connectivity index (χ3n) is 8.79. The summed E-state index contributed by atoms with van der Waals surface area (Å²) in [6, 6.07) is 22.9. The van der Waals surface area contributed by atoms with E-state index >= 15 is 0 Å². The summed E-state index contributed by atoms with van der Waals surface area (Å²) in [6.45, 7) is 9.29. The van der Waals surface area contributed by atoms with Crippen LogP contribution in [0, 0.1) is 5.41 Å². The molecule has 0 aromatic heterocycles. The van der Waals surface area contributed by atoms with Crippen molar-refractivity contribution in [1.82, 2.24) is 0 Å². The van der Waals surface area contributed by atoms with Gasteiger partial charge in [0.25, 0.3) is 0 Å². The molecule has 1 aliphatic heterocycles. The molecule has 172 valence electrons. The summed E-state index contributed by atoms with van der Waals surface area (Å²) in [4.78, 5) is 0. The van der Waals surface area contributed by atoms with Crippen LogP contribution in [0.25, 0.3) is 32.3 Å². The molecule has 2 atom stereocenters. The van der Waals surface area contributed by atoms with Gasteiger partial charge < -0.3 is 5.32 Å². The molecule has 0 radical (unpaired) electrons. The summed E-state index contributed by atoms with van der Waals surface area (Å²) < 4.78 is 0. The van der Waals surface area contributed by atoms with E-state index in [1.54, 1.807) is 0 Å². The second kappa shape index (κ2) is 7.21. The lowest BCUT2D eigenvalue weighted by Crippen LogP contribution is -2.24. The molecule has 0 fully saturated rings. The van der Waals surface area contributed by atoms with Gasteiger partial charge in [0.1, 0.15) is 0 Å². The Hall–Kier alpha value is -3.58. The van der Waals surface area contributed by atoms with E-state index in [0.717, 1.165) is 6.42 Å². The molecule has 4 aromatic carbocycles. The monoisotopic (exact) mass is 453 g/mol. The highest BCUT2D eigenvalue weighted by Crippen LogP contribution is 2.55. The van der Waals surface area contributed by atoms with Crippen LogP contribution in [0.3, 0.4) is 0 Å². The molecule has 3 aliphatic rings. The van der Waals surface area contributed by atoms with E-state index in [-0.39, 0.29) is 5.41 Å². The number of hydrogen-bond acceptors (Lipinski definition) is 1. The number of allylic oxidation sites excluding steroid dienone is 6. The summed E-state index contributed by atoms with van der Waals surface area (Å²) in [6.07, 6.45) is 10.8. The van der Waals surface area contributed by atoms with Crippen LogP contribution in [-0.2, 0) is 0 Å². The van der Waals surface area contributed by atoms with Gasteiger partial charge in [-0.1, -0.05) is 99.2 Å². The molecule has 1 heteroatoms. The van der Waals surface area contributed by atoms with Crippen LogP contribution in [0.5, 0.6) is 0 Å². The molecule has 1 nitrogen and oxygen atoms in total. The molecule has 1 heterocycles. The Bertz CT molecular complexity index is 1690. The molecular formula is C34H31N. The van der Waals surface area contributed by atoms with E-state index in [1.807, 2.05) is 0 Å². The second-order valence-corrected chi connectivity index (χ2v) is 10.9. The lowest BCUT2D eigenvalue weighted by atomic mass is 9.76. The van der Waals surface area contributed by atoms with Crippen molar-refractivity contribution in [2.45, 2.75) is 46.1 Å². The minimum atomic E-state index is 0.0673. The van der Waals surface area contributed by atoms with E-state index in [9.17, 15) is 0 Å². The average Bonchev–Trinajstić information content (AvgIpc) is 3.32. The normalized spacial score (nSPS) is 22.4. The van der Waals surface area contributed by atoms with Gasteiger partial charge in [0, 0.05) is 17.0 Å². The standard InChI is InChI=1S/C34H31N/c1-5-6-11-21-20(2)34(3,4)31-19-33-30(17-28(21)31)29-16-26-24-14-9-7-12-22(24)23-13-8-10-15-25(23)27(26)18-32(29)35-33/h6-19,30,33,35H,5H2,1-4H3/b11-6-. The molecule has 0 saturated heterocycles. The maximum Gasteiger partial charge on any atom is 0.0555 e. The second-order valence-electron chi connectivity index (χ2n) is 10.9. The molecule has 35 heavy (non-hydrogen) atoms. The van der Waals surface area contributed by atoms with Crippen molar-refractivity contribution in [2.24, 2.45) is 5.41 Å². The van der Waals surface area contributed by atoms with Gasteiger partial charge in [0.2, 0.25) is 0 Å². The van der Waals surface area contributed by atoms with Crippen molar-refractivity contribution in [3.05, 3.63) is 113 Å². The third kappa shape index (κ3) is 2.76. The zero-order valence-corrected chi connectivity index (χ0v) is 20.9. The topological polar surface area (TPSA) is 12.0 Å².